The van der Waals surface area contributed by atoms with Crippen LogP contribution in [0.2, 0.25) is 0 Å². The third kappa shape index (κ3) is 6.11. The molecule has 0 saturated carbocycles. The van der Waals surface area contributed by atoms with Crippen LogP contribution in [0.1, 0.15) is 46.7 Å². The molecule has 1 heterocycles. The van der Waals surface area contributed by atoms with E-state index in [0.717, 1.165) is 11.8 Å². The Morgan fingerprint density at radius 1 is 1.33 bits per heavy atom. The highest BCUT2D eigenvalue weighted by Gasteiger charge is 2.37. The minimum absolute atomic E-state index is 0.0978. The number of thioether (sulfide) groups is 1. The monoisotopic (exact) mass is 445 g/mol. The summed E-state index contributed by atoms with van der Waals surface area (Å²) < 4.78 is 41.0. The van der Waals surface area contributed by atoms with Gasteiger partial charge in [-0.2, -0.15) is 24.9 Å². The summed E-state index contributed by atoms with van der Waals surface area (Å²) >= 11 is 1.60. The quantitative estimate of drug-likeness (QED) is 0.394. The molecule has 30 heavy (non-hydrogen) atoms. The van der Waals surface area contributed by atoms with Gasteiger partial charge in [0.1, 0.15) is 0 Å². The number of nitrogens with zero attached hydrogens (tertiary/aromatic N) is 1. The Labute approximate surface area is 177 Å². The molecule has 2 rings (SSSR count). The molecule has 6 N–H and O–H groups in total. The van der Waals surface area contributed by atoms with Crippen LogP contribution < -0.4 is 16.8 Å². The smallest absolute Gasteiger partial charge is 0.370 e. The van der Waals surface area contributed by atoms with Gasteiger partial charge in [-0.1, -0.05) is 6.07 Å². The van der Waals surface area contributed by atoms with E-state index >= 15 is 0 Å². The number of rotatable bonds is 6. The van der Waals surface area contributed by atoms with Crippen molar-refractivity contribution in [2.24, 2.45) is 11.5 Å². The van der Waals surface area contributed by atoms with Crippen LogP contribution in [-0.2, 0) is 11.0 Å². The summed E-state index contributed by atoms with van der Waals surface area (Å²) in [5, 5.41) is 9.03. The van der Waals surface area contributed by atoms with Gasteiger partial charge in [0.2, 0.25) is 5.91 Å². The summed E-state index contributed by atoms with van der Waals surface area (Å²) in [6.07, 6.45) is -1.40. The van der Waals surface area contributed by atoms with Gasteiger partial charge in [-0.15, -0.1) is 0 Å². The number of carbonyl (C=O) groups is 2. The van der Waals surface area contributed by atoms with Crippen molar-refractivity contribution in [3.05, 3.63) is 34.9 Å². The number of likely N-dealkylation sites (tertiary alicyclic amines) is 1. The lowest BCUT2D eigenvalue weighted by molar-refractivity contribution is -0.139. The molecule has 1 atom stereocenters. The van der Waals surface area contributed by atoms with E-state index in [1.54, 1.807) is 16.7 Å². The van der Waals surface area contributed by atoms with E-state index in [-0.39, 0.29) is 17.0 Å². The summed E-state index contributed by atoms with van der Waals surface area (Å²) in [7, 11) is 0. The zero-order valence-electron chi connectivity index (χ0n) is 16.6. The van der Waals surface area contributed by atoms with Gasteiger partial charge in [-0.05, 0) is 54.9 Å². The van der Waals surface area contributed by atoms with Crippen molar-refractivity contribution in [2.75, 3.05) is 25.1 Å². The Balaban J connectivity index is 2.15. The molecule has 7 nitrogen and oxygen atoms in total. The molecule has 1 aliphatic rings. The summed E-state index contributed by atoms with van der Waals surface area (Å²) in [6.45, 7) is 0.667. The van der Waals surface area contributed by atoms with Crippen LogP contribution in [0.25, 0.3) is 0 Å². The molecule has 2 amide bonds. The molecule has 1 aromatic carbocycles. The maximum Gasteiger partial charge on any atom is 0.416 e. The first-order valence-corrected chi connectivity index (χ1v) is 10.8. The first-order valence-electron chi connectivity index (χ1n) is 9.44. The van der Waals surface area contributed by atoms with E-state index in [4.69, 9.17) is 16.9 Å². The van der Waals surface area contributed by atoms with Crippen LogP contribution in [-0.4, -0.2) is 53.8 Å². The molecule has 0 spiro atoms. The fraction of sp³-hybridized carbons (Fsp3) is 0.526. The maximum absolute atomic E-state index is 13.7. The molecular formula is C19H26F3N5O2S. The van der Waals surface area contributed by atoms with E-state index < -0.39 is 35.6 Å². The Hall–Kier alpha value is -2.27. The minimum atomic E-state index is -4.64. The number of amides is 2. The average molecular weight is 446 g/mol. The fourth-order valence-electron chi connectivity index (χ4n) is 3.51. The minimum Gasteiger partial charge on any atom is -0.370 e. The Bertz CT molecular complexity index is 795. The van der Waals surface area contributed by atoms with Gasteiger partial charge in [-0.25, -0.2) is 0 Å². The summed E-state index contributed by atoms with van der Waals surface area (Å²) in [4.78, 5) is 26.0. The number of piperidine rings is 1. The van der Waals surface area contributed by atoms with Crippen LogP contribution in [0.4, 0.5) is 13.2 Å². The van der Waals surface area contributed by atoms with Crippen LogP contribution in [0.3, 0.4) is 0 Å². The van der Waals surface area contributed by atoms with Crippen molar-refractivity contribution in [1.82, 2.24) is 10.2 Å². The number of nitrogens with one attached hydrogen (secondary N) is 2. The van der Waals surface area contributed by atoms with E-state index in [0.29, 0.717) is 32.4 Å². The molecule has 0 bridgehead atoms. The third-order valence-electron chi connectivity index (χ3n) is 5.07. The van der Waals surface area contributed by atoms with Gasteiger partial charge in [0.15, 0.2) is 5.96 Å². The molecule has 166 valence electrons. The molecule has 1 unspecified atom stereocenters. The lowest BCUT2D eigenvalue weighted by Gasteiger charge is -2.34. The topological polar surface area (TPSA) is 125 Å². The summed E-state index contributed by atoms with van der Waals surface area (Å²) in [5.74, 6) is -1.32. The highest BCUT2D eigenvalue weighted by Crippen LogP contribution is 2.39. The van der Waals surface area contributed by atoms with Crippen molar-refractivity contribution in [1.29, 1.82) is 5.41 Å². The van der Waals surface area contributed by atoms with Crippen molar-refractivity contribution in [2.45, 2.75) is 37.4 Å². The number of benzene rings is 1. The molecule has 1 fully saturated rings. The number of alkyl halides is 3. The predicted molar refractivity (Wildman–Crippen MR) is 110 cm³/mol. The van der Waals surface area contributed by atoms with E-state index in [2.05, 4.69) is 0 Å². The molecule has 0 aromatic heterocycles. The van der Waals surface area contributed by atoms with E-state index in [1.165, 1.54) is 12.1 Å². The van der Waals surface area contributed by atoms with Crippen LogP contribution in [0, 0.1) is 5.41 Å². The van der Waals surface area contributed by atoms with Crippen LogP contribution in [0.5, 0.6) is 0 Å². The molecule has 1 aliphatic heterocycles. The molecule has 11 heteroatoms. The van der Waals surface area contributed by atoms with Gasteiger partial charge in [0.05, 0.1) is 11.6 Å². The number of halogens is 3. The standard InChI is InChI=1S/C19H26F3N5O2S/c1-30-9-6-15(23)17(29)27-7-4-11(5-8-27)13-3-2-12(16(28)26-18(24)25)10-14(13)19(20,21)22/h2-3,10-11,15H,4-9,23H2,1H3,(H4,24,25,26,28). The van der Waals surface area contributed by atoms with Gasteiger partial charge in [0.25, 0.3) is 5.91 Å². The van der Waals surface area contributed by atoms with E-state index in [1.807, 2.05) is 11.6 Å². The molecule has 0 aliphatic carbocycles. The highest BCUT2D eigenvalue weighted by atomic mass is 32.2. The number of guanidine groups is 1. The van der Waals surface area contributed by atoms with Crippen LogP contribution >= 0.6 is 11.8 Å². The third-order valence-corrected chi connectivity index (χ3v) is 5.71. The SMILES string of the molecule is CSCCC(N)C(=O)N1CCC(c2ccc(C(=O)NC(=N)N)cc2C(F)(F)F)CC1. The van der Waals surface area contributed by atoms with Crippen molar-refractivity contribution >= 4 is 29.5 Å². The molecular weight excluding hydrogens is 419 g/mol. The van der Waals surface area contributed by atoms with Gasteiger partial charge < -0.3 is 16.4 Å². The zero-order chi connectivity index (χ0) is 22.5. The van der Waals surface area contributed by atoms with Crippen LogP contribution in [0.15, 0.2) is 18.2 Å². The maximum atomic E-state index is 13.7. The fourth-order valence-corrected chi connectivity index (χ4v) is 4.00. The lowest BCUT2D eigenvalue weighted by Crippen LogP contribution is -2.47. The summed E-state index contributed by atoms with van der Waals surface area (Å²) in [5.41, 5.74) is 9.98. The Morgan fingerprint density at radius 3 is 2.50 bits per heavy atom. The van der Waals surface area contributed by atoms with Gasteiger partial charge in [0, 0.05) is 18.7 Å². The average Bonchev–Trinajstić information content (AvgIpc) is 2.70. The zero-order valence-corrected chi connectivity index (χ0v) is 17.4. The van der Waals surface area contributed by atoms with Crippen molar-refractivity contribution in [3.63, 3.8) is 0 Å². The van der Waals surface area contributed by atoms with Gasteiger partial charge in [-0.3, -0.25) is 20.3 Å². The number of hydrogen-bond donors (Lipinski definition) is 4. The number of carbonyl (C=O) groups excluding carboxylic acids is 2. The highest BCUT2D eigenvalue weighted by molar-refractivity contribution is 7.98. The van der Waals surface area contributed by atoms with Gasteiger partial charge >= 0.3 is 6.18 Å². The Morgan fingerprint density at radius 2 is 1.97 bits per heavy atom. The summed E-state index contributed by atoms with van der Waals surface area (Å²) in [6, 6.07) is 2.77. The normalized spacial score (nSPS) is 16.2. The molecule has 0 radical (unpaired) electrons. The molecule has 1 saturated heterocycles. The second-order valence-electron chi connectivity index (χ2n) is 7.16. The van der Waals surface area contributed by atoms with Crippen molar-refractivity contribution < 1.29 is 22.8 Å². The largest absolute Gasteiger partial charge is 0.416 e. The lowest BCUT2D eigenvalue weighted by atomic mass is 9.85. The second kappa shape index (κ2) is 10.2. The second-order valence-corrected chi connectivity index (χ2v) is 8.14. The first-order chi connectivity index (χ1) is 14.0. The Kier molecular flexibility index (Phi) is 8.13. The number of hydrogen-bond acceptors (Lipinski definition) is 5. The van der Waals surface area contributed by atoms with E-state index in [9.17, 15) is 22.8 Å². The first kappa shape index (κ1) is 24.0. The molecule has 1 aromatic rings. The number of nitrogens with two attached hydrogens (primary N) is 2. The predicted octanol–water partition coefficient (Wildman–Crippen LogP) is 2.12. The van der Waals surface area contributed by atoms with Crippen molar-refractivity contribution in [3.8, 4) is 0 Å².